The van der Waals surface area contributed by atoms with E-state index in [4.69, 9.17) is 5.73 Å². The Kier molecular flexibility index (Phi) is 3.05. The van der Waals surface area contributed by atoms with Crippen LogP contribution in [-0.4, -0.2) is 4.57 Å². The van der Waals surface area contributed by atoms with Crippen molar-refractivity contribution >= 4 is 10.9 Å². The number of hydrogen-bond donors (Lipinski definition) is 1. The topological polar surface area (TPSA) is 30.9 Å². The van der Waals surface area contributed by atoms with Crippen molar-refractivity contribution in [2.24, 2.45) is 5.73 Å². The molecule has 0 amide bonds. The molecule has 0 saturated heterocycles. The molecular weight excluding hydrogens is 239 g/mol. The summed E-state index contributed by atoms with van der Waals surface area (Å²) in [5.41, 5.74) is 9.13. The lowest BCUT2D eigenvalue weighted by Gasteiger charge is -2.10. The van der Waals surface area contributed by atoms with Crippen LogP contribution in [0.1, 0.15) is 11.1 Å². The maximum Gasteiger partial charge on any atom is 0.123 e. The van der Waals surface area contributed by atoms with E-state index in [1.54, 1.807) is 6.07 Å². The number of benzene rings is 2. The summed E-state index contributed by atoms with van der Waals surface area (Å²) in [6, 6.07) is 14.9. The first-order chi connectivity index (χ1) is 9.28. The summed E-state index contributed by atoms with van der Waals surface area (Å²) in [6.07, 6.45) is 1.98. The van der Waals surface area contributed by atoms with E-state index in [-0.39, 0.29) is 5.82 Å². The summed E-state index contributed by atoms with van der Waals surface area (Å²) in [5, 5.41) is 0.922. The number of halogens is 1. The minimum atomic E-state index is -0.201. The molecule has 19 heavy (non-hydrogen) atoms. The van der Waals surface area contributed by atoms with Gasteiger partial charge in [-0.25, -0.2) is 4.39 Å². The van der Waals surface area contributed by atoms with Gasteiger partial charge in [0.05, 0.1) is 0 Å². The van der Waals surface area contributed by atoms with Crippen LogP contribution in [0.5, 0.6) is 0 Å². The van der Waals surface area contributed by atoms with E-state index < -0.39 is 0 Å². The van der Waals surface area contributed by atoms with Gasteiger partial charge in [-0.15, -0.1) is 0 Å². The third-order valence-electron chi connectivity index (χ3n) is 3.41. The Bertz CT molecular complexity index is 716. The largest absolute Gasteiger partial charge is 0.343 e. The molecule has 0 aliphatic heterocycles. The van der Waals surface area contributed by atoms with Gasteiger partial charge >= 0.3 is 0 Å². The minimum absolute atomic E-state index is 0.201. The second kappa shape index (κ2) is 4.86. The molecule has 0 aliphatic rings. The standard InChI is InChI=1S/C16H15FN2/c17-15-5-6-16-12(9-15)7-8-19(16)11-14-4-2-1-3-13(14)10-18/h1-9H,10-11,18H2. The predicted octanol–water partition coefficient (Wildman–Crippen LogP) is 3.29. The van der Waals surface area contributed by atoms with Crippen LogP contribution < -0.4 is 5.73 Å². The van der Waals surface area contributed by atoms with E-state index >= 15 is 0 Å². The Morgan fingerprint density at radius 2 is 1.79 bits per heavy atom. The molecule has 0 spiro atoms. The molecule has 0 unspecified atom stereocenters. The quantitative estimate of drug-likeness (QED) is 0.764. The van der Waals surface area contributed by atoms with Crippen molar-refractivity contribution < 1.29 is 4.39 Å². The van der Waals surface area contributed by atoms with Gasteiger partial charge in [0.2, 0.25) is 0 Å². The highest BCUT2D eigenvalue weighted by molar-refractivity contribution is 5.80. The molecule has 0 aliphatic carbocycles. The maximum atomic E-state index is 13.2. The van der Waals surface area contributed by atoms with E-state index in [9.17, 15) is 4.39 Å². The van der Waals surface area contributed by atoms with Crippen molar-refractivity contribution in [3.63, 3.8) is 0 Å². The molecule has 0 fully saturated rings. The highest BCUT2D eigenvalue weighted by Gasteiger charge is 2.05. The van der Waals surface area contributed by atoms with Crippen LogP contribution in [0.2, 0.25) is 0 Å². The third-order valence-corrected chi connectivity index (χ3v) is 3.41. The molecule has 0 saturated carbocycles. The van der Waals surface area contributed by atoms with Gasteiger partial charge < -0.3 is 10.3 Å². The second-order valence-electron chi connectivity index (χ2n) is 4.62. The first-order valence-corrected chi connectivity index (χ1v) is 6.29. The minimum Gasteiger partial charge on any atom is -0.343 e. The molecule has 2 aromatic carbocycles. The van der Waals surface area contributed by atoms with E-state index in [0.29, 0.717) is 6.54 Å². The number of rotatable bonds is 3. The summed E-state index contributed by atoms with van der Waals surface area (Å²) in [7, 11) is 0. The molecule has 2 N–H and O–H groups in total. The van der Waals surface area contributed by atoms with E-state index in [2.05, 4.69) is 10.6 Å². The van der Waals surface area contributed by atoms with Crippen LogP contribution >= 0.6 is 0 Å². The van der Waals surface area contributed by atoms with Gasteiger partial charge in [0, 0.05) is 30.2 Å². The Morgan fingerprint density at radius 1 is 1.00 bits per heavy atom. The van der Waals surface area contributed by atoms with Gasteiger partial charge in [-0.3, -0.25) is 0 Å². The van der Waals surface area contributed by atoms with Crippen LogP contribution in [0.15, 0.2) is 54.7 Å². The first-order valence-electron chi connectivity index (χ1n) is 6.29. The van der Waals surface area contributed by atoms with Crippen molar-refractivity contribution in [2.45, 2.75) is 13.1 Å². The van der Waals surface area contributed by atoms with Crippen LogP contribution in [0.25, 0.3) is 10.9 Å². The van der Waals surface area contributed by atoms with Gasteiger partial charge in [-0.2, -0.15) is 0 Å². The van der Waals surface area contributed by atoms with Crippen LogP contribution in [0, 0.1) is 5.82 Å². The fourth-order valence-electron chi connectivity index (χ4n) is 2.40. The Hall–Kier alpha value is -2.13. The monoisotopic (exact) mass is 254 g/mol. The van der Waals surface area contributed by atoms with Crippen LogP contribution in [-0.2, 0) is 13.1 Å². The van der Waals surface area contributed by atoms with E-state index in [1.165, 1.54) is 11.6 Å². The lowest BCUT2D eigenvalue weighted by molar-refractivity contribution is 0.629. The molecule has 1 aromatic heterocycles. The summed E-state index contributed by atoms with van der Waals surface area (Å²) >= 11 is 0. The third kappa shape index (κ3) is 2.25. The summed E-state index contributed by atoms with van der Waals surface area (Å²) in [6.45, 7) is 1.28. The maximum absolute atomic E-state index is 13.2. The zero-order chi connectivity index (χ0) is 13.2. The van der Waals surface area contributed by atoms with E-state index in [1.807, 2.05) is 36.5 Å². The molecule has 3 heteroatoms. The lowest BCUT2D eigenvalue weighted by atomic mass is 10.1. The Balaban J connectivity index is 2.01. The molecule has 3 rings (SSSR count). The highest BCUT2D eigenvalue weighted by Crippen LogP contribution is 2.19. The van der Waals surface area contributed by atoms with Crippen molar-refractivity contribution in [2.75, 3.05) is 0 Å². The average Bonchev–Trinajstić information content (AvgIpc) is 2.82. The molecule has 0 atom stereocenters. The highest BCUT2D eigenvalue weighted by atomic mass is 19.1. The Morgan fingerprint density at radius 3 is 2.58 bits per heavy atom. The van der Waals surface area contributed by atoms with Crippen molar-refractivity contribution in [1.29, 1.82) is 0 Å². The SMILES string of the molecule is NCc1ccccc1Cn1ccc2cc(F)ccc21. The normalized spacial score (nSPS) is 11.1. The van der Waals surface area contributed by atoms with Crippen molar-refractivity contribution in [3.05, 3.63) is 71.7 Å². The van der Waals surface area contributed by atoms with Crippen LogP contribution in [0.4, 0.5) is 4.39 Å². The predicted molar refractivity (Wildman–Crippen MR) is 75.3 cm³/mol. The smallest absolute Gasteiger partial charge is 0.123 e. The van der Waals surface area contributed by atoms with E-state index in [0.717, 1.165) is 23.0 Å². The number of nitrogens with two attached hydrogens (primary N) is 1. The molecule has 96 valence electrons. The van der Waals surface area contributed by atoms with Crippen LogP contribution in [0.3, 0.4) is 0 Å². The van der Waals surface area contributed by atoms with Gasteiger partial charge in [-0.05, 0) is 35.4 Å². The van der Waals surface area contributed by atoms with Gasteiger partial charge in [0.25, 0.3) is 0 Å². The fourth-order valence-corrected chi connectivity index (χ4v) is 2.40. The van der Waals surface area contributed by atoms with Gasteiger partial charge in [-0.1, -0.05) is 24.3 Å². The molecule has 1 heterocycles. The molecule has 3 aromatic rings. The molecule has 2 nitrogen and oxygen atoms in total. The molecule has 0 bridgehead atoms. The average molecular weight is 254 g/mol. The molecular formula is C16H15FN2. The number of fused-ring (bicyclic) bond motifs is 1. The lowest BCUT2D eigenvalue weighted by Crippen LogP contribution is -2.05. The van der Waals surface area contributed by atoms with Gasteiger partial charge in [0.15, 0.2) is 0 Å². The Labute approximate surface area is 111 Å². The number of hydrogen-bond acceptors (Lipinski definition) is 1. The summed E-state index contributed by atoms with van der Waals surface area (Å²) in [4.78, 5) is 0. The number of aromatic nitrogens is 1. The summed E-state index contributed by atoms with van der Waals surface area (Å²) < 4.78 is 15.3. The zero-order valence-electron chi connectivity index (χ0n) is 10.5. The van der Waals surface area contributed by atoms with Crippen molar-refractivity contribution in [3.8, 4) is 0 Å². The number of nitrogens with zero attached hydrogens (tertiary/aromatic N) is 1. The van der Waals surface area contributed by atoms with Gasteiger partial charge in [0.1, 0.15) is 5.82 Å². The first kappa shape index (κ1) is 11.9. The summed E-state index contributed by atoms with van der Waals surface area (Å²) in [5.74, 6) is -0.201. The second-order valence-corrected chi connectivity index (χ2v) is 4.62. The molecule has 0 radical (unpaired) electrons. The zero-order valence-corrected chi connectivity index (χ0v) is 10.5. The fraction of sp³-hybridized carbons (Fsp3) is 0.125. The van der Waals surface area contributed by atoms with Crippen molar-refractivity contribution in [1.82, 2.24) is 4.57 Å².